The topological polar surface area (TPSA) is 166 Å². The third-order valence-electron chi connectivity index (χ3n) is 4.50. The average Bonchev–Trinajstić information content (AvgIpc) is 2.95. The van der Waals surface area contributed by atoms with Crippen LogP contribution in [0.4, 0.5) is 0 Å². The fraction of sp³-hybridized carbons (Fsp3) is 0.625. The lowest BCUT2D eigenvalue weighted by atomic mass is 10.1. The van der Waals surface area contributed by atoms with Gasteiger partial charge in [0.2, 0.25) is 0 Å². The van der Waals surface area contributed by atoms with Crippen molar-refractivity contribution < 1.29 is 37.2 Å². The lowest BCUT2D eigenvalue weighted by Crippen LogP contribution is -2.38. The zero-order chi connectivity index (χ0) is 22.7. The molecule has 1 aromatic heterocycles. The highest BCUT2D eigenvalue weighted by Crippen LogP contribution is 2.52. The van der Waals surface area contributed by atoms with Gasteiger partial charge in [0.1, 0.15) is 12.2 Å². The van der Waals surface area contributed by atoms with Crippen molar-refractivity contribution in [3.05, 3.63) is 45.0 Å². The molecule has 14 heteroatoms. The average molecular weight is 468 g/mol. The van der Waals surface area contributed by atoms with Crippen LogP contribution in [0.25, 0.3) is 0 Å². The molecule has 0 radical (unpaired) electrons. The van der Waals surface area contributed by atoms with E-state index in [1.54, 1.807) is 13.8 Å². The Morgan fingerprint density at radius 1 is 1.23 bits per heavy atom. The van der Waals surface area contributed by atoms with E-state index >= 15 is 0 Å². The Morgan fingerprint density at radius 2 is 1.90 bits per heavy atom. The maximum Gasteiger partial charge on any atom is 0.472 e. The van der Waals surface area contributed by atoms with Crippen LogP contribution in [0.15, 0.2) is 33.7 Å². The Labute approximate surface area is 172 Å². The maximum atomic E-state index is 12.4. The predicted molar refractivity (Wildman–Crippen MR) is 106 cm³/mol. The molecule has 170 valence electrons. The molecule has 0 aromatic carbocycles. The van der Waals surface area contributed by atoms with Gasteiger partial charge in [-0.05, 0) is 20.3 Å². The van der Waals surface area contributed by atoms with Crippen LogP contribution in [0.5, 0.6) is 0 Å². The third kappa shape index (κ3) is 6.32. The van der Waals surface area contributed by atoms with Gasteiger partial charge in [0, 0.05) is 38.2 Å². The molecule has 12 nitrogen and oxygen atoms in total. The van der Waals surface area contributed by atoms with Crippen LogP contribution in [0, 0.1) is 5.92 Å². The first-order valence-electron chi connectivity index (χ1n) is 9.00. The molecule has 1 aliphatic carbocycles. The van der Waals surface area contributed by atoms with E-state index in [-0.39, 0.29) is 6.42 Å². The highest BCUT2D eigenvalue weighted by Gasteiger charge is 2.48. The van der Waals surface area contributed by atoms with Crippen molar-refractivity contribution >= 4 is 15.4 Å². The first-order valence-corrected chi connectivity index (χ1v) is 12.1. The number of methoxy groups -OCH3 is 1. The van der Waals surface area contributed by atoms with E-state index in [1.807, 2.05) is 0 Å². The SMILES string of the molecule is CO[C@H]1C(n2ccc(=O)[nH]c2=O)C[C@H](/C=C/P(=O)(O)OC)[C@H]1OP(=O)(O)OC(C)C. The minimum atomic E-state index is -4.52. The van der Waals surface area contributed by atoms with Crippen molar-refractivity contribution in [2.24, 2.45) is 5.92 Å². The summed E-state index contributed by atoms with van der Waals surface area (Å²) in [6.07, 6.45) is 0.0861. The second-order valence-corrected chi connectivity index (χ2v) is 10.1. The molecule has 1 heterocycles. The van der Waals surface area contributed by atoms with E-state index in [1.165, 1.54) is 23.9 Å². The van der Waals surface area contributed by atoms with Crippen molar-refractivity contribution in [3.8, 4) is 0 Å². The van der Waals surface area contributed by atoms with Crippen molar-refractivity contribution in [1.29, 1.82) is 0 Å². The van der Waals surface area contributed by atoms with Crippen molar-refractivity contribution in [3.63, 3.8) is 0 Å². The highest BCUT2D eigenvalue weighted by molar-refractivity contribution is 7.56. The second-order valence-electron chi connectivity index (χ2n) is 6.97. The zero-order valence-corrected chi connectivity index (χ0v) is 18.7. The summed E-state index contributed by atoms with van der Waals surface area (Å²) in [5, 5.41) is 0. The van der Waals surface area contributed by atoms with E-state index in [2.05, 4.69) is 9.51 Å². The smallest absolute Gasteiger partial charge is 0.377 e. The zero-order valence-electron chi connectivity index (χ0n) is 16.9. The number of aromatic nitrogens is 2. The first kappa shape index (κ1) is 24.9. The van der Waals surface area contributed by atoms with Gasteiger partial charge in [-0.3, -0.25) is 28.0 Å². The molecule has 0 spiro atoms. The Hall–Kier alpha value is -1.36. The van der Waals surface area contributed by atoms with Crippen LogP contribution in [-0.4, -0.2) is 51.9 Å². The van der Waals surface area contributed by atoms with Crippen LogP contribution in [0.1, 0.15) is 26.3 Å². The molecule has 3 unspecified atom stereocenters. The van der Waals surface area contributed by atoms with E-state index in [0.29, 0.717) is 0 Å². The minimum absolute atomic E-state index is 0.136. The lowest BCUT2D eigenvalue weighted by molar-refractivity contribution is -0.0248. The van der Waals surface area contributed by atoms with E-state index in [9.17, 15) is 28.5 Å². The summed E-state index contributed by atoms with van der Waals surface area (Å²) < 4.78 is 45.7. The molecule has 0 aliphatic heterocycles. The van der Waals surface area contributed by atoms with Crippen LogP contribution >= 0.6 is 15.4 Å². The highest BCUT2D eigenvalue weighted by atomic mass is 31.2. The number of phosphoric ester groups is 1. The fourth-order valence-corrected chi connectivity index (χ4v) is 5.04. The summed E-state index contributed by atoms with van der Waals surface area (Å²) in [6, 6.07) is 0.442. The van der Waals surface area contributed by atoms with Gasteiger partial charge in [0.25, 0.3) is 5.56 Å². The van der Waals surface area contributed by atoms with E-state index in [0.717, 1.165) is 19.0 Å². The monoisotopic (exact) mass is 468 g/mol. The van der Waals surface area contributed by atoms with Crippen LogP contribution < -0.4 is 11.2 Å². The summed E-state index contributed by atoms with van der Waals surface area (Å²) >= 11 is 0. The summed E-state index contributed by atoms with van der Waals surface area (Å²) in [5.74, 6) is 0.218. The number of nitrogens with one attached hydrogen (secondary N) is 1. The largest absolute Gasteiger partial charge is 0.472 e. The van der Waals surface area contributed by atoms with E-state index in [4.69, 9.17) is 13.8 Å². The molecule has 3 N–H and O–H groups in total. The molecule has 30 heavy (non-hydrogen) atoms. The third-order valence-corrected chi connectivity index (χ3v) is 6.77. The van der Waals surface area contributed by atoms with Gasteiger partial charge >= 0.3 is 21.1 Å². The minimum Gasteiger partial charge on any atom is -0.377 e. The van der Waals surface area contributed by atoms with Gasteiger partial charge < -0.3 is 19.0 Å². The van der Waals surface area contributed by atoms with Gasteiger partial charge in [0.15, 0.2) is 0 Å². The normalized spacial score (nSPS) is 28.6. The number of rotatable bonds is 9. The van der Waals surface area contributed by atoms with E-state index < -0.39 is 56.9 Å². The number of nitrogens with zero attached hydrogens (tertiary/aromatic N) is 1. The molecular weight excluding hydrogens is 442 g/mol. The number of H-pyrrole nitrogens is 1. The molecule has 1 saturated carbocycles. The first-order chi connectivity index (χ1) is 13.9. The molecule has 6 atom stereocenters. The Bertz CT molecular complexity index is 971. The number of phosphoric acid groups is 1. The molecule has 0 saturated heterocycles. The number of hydrogen-bond donors (Lipinski definition) is 3. The predicted octanol–water partition coefficient (Wildman–Crippen LogP) is 1.37. The molecule has 2 rings (SSSR count). The Morgan fingerprint density at radius 3 is 2.43 bits per heavy atom. The molecule has 0 amide bonds. The number of hydrogen-bond acceptors (Lipinski definition) is 8. The van der Waals surface area contributed by atoms with Gasteiger partial charge in [-0.1, -0.05) is 6.08 Å². The summed E-state index contributed by atoms with van der Waals surface area (Å²) in [7, 11) is -6.14. The fourth-order valence-electron chi connectivity index (χ4n) is 3.31. The molecule has 0 bridgehead atoms. The number of ether oxygens (including phenoxy) is 1. The number of aromatic amines is 1. The van der Waals surface area contributed by atoms with Crippen LogP contribution in [0.3, 0.4) is 0 Å². The summed E-state index contributed by atoms with van der Waals surface area (Å²) in [4.78, 5) is 45.5. The Kier molecular flexibility index (Phi) is 8.17. The summed E-state index contributed by atoms with van der Waals surface area (Å²) in [6.45, 7) is 3.10. The van der Waals surface area contributed by atoms with Gasteiger partial charge in [-0.15, -0.1) is 0 Å². The van der Waals surface area contributed by atoms with Crippen LogP contribution in [-0.2, 0) is 27.4 Å². The quantitative estimate of drug-likeness (QED) is 0.451. The summed E-state index contributed by atoms with van der Waals surface area (Å²) in [5.41, 5.74) is -1.28. The molecular formula is C16H26N2O10P2. The van der Waals surface area contributed by atoms with Gasteiger partial charge in [0.05, 0.1) is 12.1 Å². The maximum absolute atomic E-state index is 12.4. The lowest BCUT2D eigenvalue weighted by Gasteiger charge is -2.27. The van der Waals surface area contributed by atoms with Crippen molar-refractivity contribution in [2.45, 2.75) is 44.6 Å². The molecule has 1 aliphatic rings. The van der Waals surface area contributed by atoms with Crippen molar-refractivity contribution in [1.82, 2.24) is 9.55 Å². The second kappa shape index (κ2) is 9.84. The van der Waals surface area contributed by atoms with Gasteiger partial charge in [-0.2, -0.15) is 0 Å². The van der Waals surface area contributed by atoms with Crippen molar-refractivity contribution in [2.75, 3.05) is 14.2 Å². The Balaban J connectivity index is 2.46. The molecule has 1 aromatic rings. The van der Waals surface area contributed by atoms with Crippen LogP contribution in [0.2, 0.25) is 0 Å². The standard InChI is InChI=1S/C16H26N2O10P2/c1-10(2)27-30(23,24)28-14-11(6-8-29(21,22)26-4)9-12(15(14)25-3)18-7-5-13(19)17-16(18)20/h5-8,10-12,14-15H,9H2,1-4H3,(H,21,22)(H,23,24)(H,17,19,20)/b8-6+/t11-,12?,14+,15-/m0/s1. The van der Waals surface area contributed by atoms with Gasteiger partial charge in [-0.25, -0.2) is 9.36 Å². The molecule has 1 fully saturated rings.